The summed E-state index contributed by atoms with van der Waals surface area (Å²) in [6.45, 7) is 5.96. The van der Waals surface area contributed by atoms with Gasteiger partial charge in [0.1, 0.15) is 5.75 Å². The number of likely N-dealkylation sites (tertiary alicyclic amines) is 1. The van der Waals surface area contributed by atoms with Crippen molar-refractivity contribution in [3.05, 3.63) is 35.9 Å². The number of hydrogen-bond acceptors (Lipinski definition) is 3. The quantitative estimate of drug-likeness (QED) is 0.889. The molecule has 1 aromatic rings. The van der Waals surface area contributed by atoms with E-state index < -0.39 is 0 Å². The van der Waals surface area contributed by atoms with E-state index in [0.29, 0.717) is 5.41 Å². The molecule has 0 radical (unpaired) electrons. The standard InChI is InChI=1S/C18H26N2O.2ClH/c1-21-17-7-3-2-5-16(17)6-4-13-20-14-10-18(15-20)8-11-19-12-9-18;;/h2-7,19H,8-15H2,1H3;2*1H. The van der Waals surface area contributed by atoms with Crippen LogP contribution in [0, 0.1) is 5.41 Å². The Morgan fingerprint density at radius 3 is 2.65 bits per heavy atom. The van der Waals surface area contributed by atoms with E-state index in [1.807, 2.05) is 12.1 Å². The largest absolute Gasteiger partial charge is 0.496 e. The highest BCUT2D eigenvalue weighted by Gasteiger charge is 2.38. The van der Waals surface area contributed by atoms with Gasteiger partial charge in [0.25, 0.3) is 0 Å². The van der Waals surface area contributed by atoms with Crippen molar-refractivity contribution in [2.45, 2.75) is 19.3 Å². The summed E-state index contributed by atoms with van der Waals surface area (Å²) in [5, 5.41) is 3.48. The van der Waals surface area contributed by atoms with Crippen LogP contribution < -0.4 is 10.1 Å². The number of hydrogen-bond donors (Lipinski definition) is 1. The summed E-state index contributed by atoms with van der Waals surface area (Å²) < 4.78 is 5.39. The number of piperidine rings is 1. The molecule has 0 amide bonds. The van der Waals surface area contributed by atoms with Crippen molar-refractivity contribution in [1.29, 1.82) is 0 Å². The highest BCUT2D eigenvalue weighted by Crippen LogP contribution is 2.38. The predicted octanol–water partition coefficient (Wildman–Crippen LogP) is 3.63. The first-order valence-corrected chi connectivity index (χ1v) is 8.04. The Kier molecular flexibility index (Phi) is 8.41. The van der Waals surface area contributed by atoms with Crippen LogP contribution in [-0.2, 0) is 0 Å². The van der Waals surface area contributed by atoms with E-state index in [1.54, 1.807) is 7.11 Å². The third-order valence-corrected chi connectivity index (χ3v) is 4.98. The van der Waals surface area contributed by atoms with Crippen LogP contribution in [0.1, 0.15) is 24.8 Å². The predicted molar refractivity (Wildman–Crippen MR) is 102 cm³/mol. The van der Waals surface area contributed by atoms with E-state index in [0.717, 1.165) is 17.9 Å². The van der Waals surface area contributed by atoms with Crippen LogP contribution in [0.25, 0.3) is 6.08 Å². The number of nitrogens with zero attached hydrogens (tertiary/aromatic N) is 1. The summed E-state index contributed by atoms with van der Waals surface area (Å²) in [5.74, 6) is 0.949. The third kappa shape index (κ3) is 5.12. The van der Waals surface area contributed by atoms with Gasteiger partial charge in [0.2, 0.25) is 0 Å². The van der Waals surface area contributed by atoms with Gasteiger partial charge in [0.15, 0.2) is 0 Å². The normalized spacial score (nSPS) is 20.2. The fourth-order valence-corrected chi connectivity index (χ4v) is 3.68. The number of ether oxygens (including phenoxy) is 1. The third-order valence-electron chi connectivity index (χ3n) is 4.98. The van der Waals surface area contributed by atoms with Crippen molar-refractivity contribution in [3.8, 4) is 5.75 Å². The number of benzene rings is 1. The SMILES string of the molecule is COc1ccccc1C=CCN1CCC2(CCNCC2)C1.Cl.Cl. The Balaban J connectivity index is 0.00000132. The van der Waals surface area contributed by atoms with Crippen LogP contribution in [0.3, 0.4) is 0 Å². The zero-order valence-electron chi connectivity index (χ0n) is 13.8. The second-order valence-electron chi connectivity index (χ2n) is 6.38. The average Bonchev–Trinajstić information content (AvgIpc) is 2.91. The first-order valence-electron chi connectivity index (χ1n) is 8.04. The van der Waals surface area contributed by atoms with Crippen molar-refractivity contribution in [2.24, 2.45) is 5.41 Å². The monoisotopic (exact) mass is 358 g/mol. The van der Waals surface area contributed by atoms with Gasteiger partial charge in [-0.1, -0.05) is 30.4 Å². The molecule has 3 nitrogen and oxygen atoms in total. The lowest BCUT2D eigenvalue weighted by atomic mass is 9.78. The number of methoxy groups -OCH3 is 1. The minimum absolute atomic E-state index is 0. The maximum absolute atomic E-state index is 5.39. The maximum Gasteiger partial charge on any atom is 0.126 e. The summed E-state index contributed by atoms with van der Waals surface area (Å²) in [5.41, 5.74) is 1.76. The van der Waals surface area contributed by atoms with E-state index >= 15 is 0 Å². The minimum Gasteiger partial charge on any atom is -0.496 e. The second kappa shape index (κ2) is 9.53. The molecule has 130 valence electrons. The number of para-hydroxylation sites is 1. The summed E-state index contributed by atoms with van der Waals surface area (Å²) in [4.78, 5) is 2.59. The van der Waals surface area contributed by atoms with Gasteiger partial charge in [-0.25, -0.2) is 0 Å². The Hall–Kier alpha value is -0.740. The van der Waals surface area contributed by atoms with E-state index in [2.05, 4.69) is 34.5 Å². The van der Waals surface area contributed by atoms with Gasteiger partial charge in [-0.3, -0.25) is 4.90 Å². The number of nitrogens with one attached hydrogen (secondary N) is 1. The highest BCUT2D eigenvalue weighted by atomic mass is 35.5. The molecular weight excluding hydrogens is 331 g/mol. The summed E-state index contributed by atoms with van der Waals surface area (Å²) in [7, 11) is 1.73. The Bertz CT molecular complexity index is 502. The smallest absolute Gasteiger partial charge is 0.126 e. The molecule has 2 fully saturated rings. The van der Waals surface area contributed by atoms with Crippen LogP contribution >= 0.6 is 24.8 Å². The molecule has 0 aliphatic carbocycles. The summed E-state index contributed by atoms with van der Waals surface area (Å²) in [6.07, 6.45) is 8.53. The molecule has 1 N–H and O–H groups in total. The maximum atomic E-state index is 5.39. The van der Waals surface area contributed by atoms with E-state index in [-0.39, 0.29) is 24.8 Å². The van der Waals surface area contributed by atoms with Gasteiger partial charge >= 0.3 is 0 Å². The van der Waals surface area contributed by atoms with Crippen LogP contribution in [0.2, 0.25) is 0 Å². The zero-order chi connectivity index (χ0) is 14.5. The lowest BCUT2D eigenvalue weighted by molar-refractivity contribution is 0.202. The van der Waals surface area contributed by atoms with Crippen LogP contribution in [0.15, 0.2) is 30.3 Å². The number of rotatable bonds is 4. The molecular formula is C18H28Cl2N2O. The lowest BCUT2D eigenvalue weighted by Crippen LogP contribution is -2.38. The zero-order valence-corrected chi connectivity index (χ0v) is 15.4. The van der Waals surface area contributed by atoms with Crippen LogP contribution in [0.4, 0.5) is 0 Å². The summed E-state index contributed by atoms with van der Waals surface area (Å²) >= 11 is 0. The van der Waals surface area contributed by atoms with Crippen molar-refractivity contribution < 1.29 is 4.74 Å². The molecule has 0 bridgehead atoms. The number of halogens is 2. The molecule has 1 spiro atoms. The average molecular weight is 359 g/mol. The fraction of sp³-hybridized carbons (Fsp3) is 0.556. The first kappa shape index (κ1) is 20.3. The van der Waals surface area contributed by atoms with Crippen molar-refractivity contribution in [2.75, 3.05) is 39.8 Å². The second-order valence-corrected chi connectivity index (χ2v) is 6.38. The molecule has 2 saturated heterocycles. The van der Waals surface area contributed by atoms with E-state index in [4.69, 9.17) is 4.74 Å². The van der Waals surface area contributed by atoms with Crippen LogP contribution in [-0.4, -0.2) is 44.7 Å². The molecule has 0 saturated carbocycles. The van der Waals surface area contributed by atoms with Gasteiger partial charge in [-0.15, -0.1) is 24.8 Å². The molecule has 0 atom stereocenters. The molecule has 5 heteroatoms. The molecule has 0 unspecified atom stereocenters. The topological polar surface area (TPSA) is 24.5 Å². The molecule has 1 aromatic carbocycles. The Labute approximate surface area is 152 Å². The molecule has 3 rings (SSSR count). The van der Waals surface area contributed by atoms with Crippen molar-refractivity contribution in [3.63, 3.8) is 0 Å². The Morgan fingerprint density at radius 2 is 1.91 bits per heavy atom. The molecule has 0 aromatic heterocycles. The van der Waals surface area contributed by atoms with E-state index in [9.17, 15) is 0 Å². The van der Waals surface area contributed by atoms with Crippen molar-refractivity contribution in [1.82, 2.24) is 10.2 Å². The summed E-state index contributed by atoms with van der Waals surface area (Å²) in [6, 6.07) is 8.19. The minimum atomic E-state index is 0. The fourth-order valence-electron chi connectivity index (χ4n) is 3.68. The first-order chi connectivity index (χ1) is 10.3. The van der Waals surface area contributed by atoms with Crippen LogP contribution in [0.5, 0.6) is 5.75 Å². The lowest BCUT2D eigenvalue weighted by Gasteiger charge is -2.33. The molecule has 2 aliphatic rings. The van der Waals surface area contributed by atoms with Gasteiger partial charge in [0.05, 0.1) is 7.11 Å². The highest BCUT2D eigenvalue weighted by molar-refractivity contribution is 5.85. The van der Waals surface area contributed by atoms with Gasteiger partial charge in [-0.2, -0.15) is 0 Å². The Morgan fingerprint density at radius 1 is 1.17 bits per heavy atom. The van der Waals surface area contributed by atoms with Gasteiger partial charge in [0, 0.05) is 18.7 Å². The van der Waals surface area contributed by atoms with Gasteiger partial charge < -0.3 is 10.1 Å². The van der Waals surface area contributed by atoms with E-state index in [1.165, 1.54) is 45.4 Å². The van der Waals surface area contributed by atoms with Crippen molar-refractivity contribution >= 4 is 30.9 Å². The molecule has 2 aliphatic heterocycles. The molecule has 23 heavy (non-hydrogen) atoms. The molecule has 2 heterocycles. The van der Waals surface area contributed by atoms with Gasteiger partial charge in [-0.05, 0) is 50.4 Å².